The molecular weight excluding hydrogens is 584 g/mol. The molecular formula is C37H46N2O7. The molecule has 0 aliphatic carbocycles. The summed E-state index contributed by atoms with van der Waals surface area (Å²) in [5.74, 6) is 0.425. The van der Waals surface area contributed by atoms with E-state index in [2.05, 4.69) is 12.2 Å². The Labute approximate surface area is 272 Å². The van der Waals surface area contributed by atoms with Crippen LogP contribution in [0, 0.1) is 5.92 Å². The zero-order valence-electron chi connectivity index (χ0n) is 27.6. The van der Waals surface area contributed by atoms with Gasteiger partial charge in [0, 0.05) is 13.1 Å². The van der Waals surface area contributed by atoms with E-state index in [1.54, 1.807) is 35.2 Å². The van der Waals surface area contributed by atoms with Gasteiger partial charge in [0.05, 0.1) is 37.1 Å². The van der Waals surface area contributed by atoms with Crippen LogP contribution in [0.1, 0.15) is 80.5 Å². The van der Waals surface area contributed by atoms with Crippen LogP contribution in [-0.2, 0) is 9.47 Å². The van der Waals surface area contributed by atoms with Crippen LogP contribution in [0.2, 0.25) is 0 Å². The topological polar surface area (TPSA) is 103 Å². The van der Waals surface area contributed by atoms with Crippen LogP contribution in [0.5, 0.6) is 11.5 Å². The lowest BCUT2D eigenvalue weighted by atomic mass is 9.94. The first kappa shape index (κ1) is 34.3. The smallest absolute Gasteiger partial charge is 0.410 e. The first-order valence-corrected chi connectivity index (χ1v) is 16.0. The van der Waals surface area contributed by atoms with Gasteiger partial charge in [-0.05, 0) is 93.8 Å². The van der Waals surface area contributed by atoms with Crippen LogP contribution in [0.25, 0.3) is 11.1 Å². The third-order valence-electron chi connectivity index (χ3n) is 7.79. The second-order valence-electron chi connectivity index (χ2n) is 12.5. The molecule has 1 saturated heterocycles. The summed E-state index contributed by atoms with van der Waals surface area (Å²) in [4.78, 5) is 40.6. The Kier molecular flexibility index (Phi) is 12.1. The predicted octanol–water partition coefficient (Wildman–Crippen LogP) is 7.99. The fourth-order valence-corrected chi connectivity index (χ4v) is 5.24. The van der Waals surface area contributed by atoms with Crippen molar-refractivity contribution >= 4 is 23.7 Å². The quantitative estimate of drug-likeness (QED) is 0.160. The van der Waals surface area contributed by atoms with E-state index in [-0.39, 0.29) is 11.7 Å². The molecule has 1 aliphatic heterocycles. The van der Waals surface area contributed by atoms with Gasteiger partial charge >= 0.3 is 12.1 Å². The Balaban J connectivity index is 1.46. The minimum atomic E-state index is -0.552. The number of hydrogen-bond donors (Lipinski definition) is 1. The van der Waals surface area contributed by atoms with Crippen LogP contribution in [0.4, 0.5) is 10.5 Å². The molecule has 9 nitrogen and oxygen atoms in total. The van der Waals surface area contributed by atoms with Crippen molar-refractivity contribution in [2.75, 3.05) is 38.7 Å². The van der Waals surface area contributed by atoms with Crippen LogP contribution >= 0.6 is 0 Å². The first-order valence-electron chi connectivity index (χ1n) is 16.0. The number of carbonyl (C=O) groups is 3. The van der Waals surface area contributed by atoms with E-state index in [9.17, 15) is 14.4 Å². The van der Waals surface area contributed by atoms with E-state index in [0.717, 1.165) is 43.2 Å². The summed E-state index contributed by atoms with van der Waals surface area (Å²) in [6.07, 6.45) is 4.12. The number of likely N-dealkylation sites (tertiary alicyclic amines) is 1. The summed E-state index contributed by atoms with van der Waals surface area (Å²) in [6, 6.07) is 20.2. The molecule has 1 aliphatic rings. The molecule has 3 aromatic carbocycles. The molecule has 246 valence electrons. The number of benzene rings is 3. The molecule has 0 atom stereocenters. The van der Waals surface area contributed by atoms with E-state index in [4.69, 9.17) is 18.9 Å². The van der Waals surface area contributed by atoms with E-state index < -0.39 is 17.5 Å². The molecule has 0 unspecified atom stereocenters. The minimum absolute atomic E-state index is 0.245. The zero-order valence-corrected chi connectivity index (χ0v) is 27.6. The number of hydrogen-bond acceptors (Lipinski definition) is 7. The molecule has 1 fully saturated rings. The van der Waals surface area contributed by atoms with Gasteiger partial charge in [-0.15, -0.1) is 0 Å². The van der Waals surface area contributed by atoms with Gasteiger partial charge < -0.3 is 29.2 Å². The number of methoxy groups -OCH3 is 1. The highest BCUT2D eigenvalue weighted by Crippen LogP contribution is 2.30. The van der Waals surface area contributed by atoms with Crippen LogP contribution in [0.15, 0.2) is 66.7 Å². The van der Waals surface area contributed by atoms with Crippen molar-refractivity contribution in [1.82, 2.24) is 4.90 Å². The number of ether oxygens (including phenoxy) is 4. The van der Waals surface area contributed by atoms with E-state index in [1.165, 1.54) is 7.11 Å². The number of nitrogens with zero attached hydrogens (tertiary/aromatic N) is 1. The van der Waals surface area contributed by atoms with Crippen LogP contribution in [-0.4, -0.2) is 61.9 Å². The Morgan fingerprint density at radius 1 is 0.870 bits per heavy atom. The molecule has 1 heterocycles. The maximum Gasteiger partial charge on any atom is 0.410 e. The highest BCUT2D eigenvalue weighted by atomic mass is 16.6. The van der Waals surface area contributed by atoms with Crippen LogP contribution in [0.3, 0.4) is 0 Å². The van der Waals surface area contributed by atoms with E-state index in [1.807, 2.05) is 57.2 Å². The van der Waals surface area contributed by atoms with Crippen molar-refractivity contribution in [3.8, 4) is 22.6 Å². The van der Waals surface area contributed by atoms with Gasteiger partial charge in [-0.3, -0.25) is 4.79 Å². The van der Waals surface area contributed by atoms with Gasteiger partial charge in [0.2, 0.25) is 0 Å². The van der Waals surface area contributed by atoms with Crippen molar-refractivity contribution in [2.24, 2.45) is 5.92 Å². The second kappa shape index (κ2) is 16.2. The number of esters is 1. The van der Waals surface area contributed by atoms with Gasteiger partial charge in [-0.2, -0.15) is 0 Å². The second-order valence-corrected chi connectivity index (χ2v) is 12.5. The molecule has 4 rings (SSSR count). The molecule has 1 N–H and O–H groups in total. The van der Waals surface area contributed by atoms with Crippen molar-refractivity contribution in [2.45, 2.75) is 65.4 Å². The standard InChI is InChI=1S/C37H46N2O7/c1-6-7-22-45-33-16-14-29(44-23-19-26-17-20-39(21-18-26)36(42)46-37(2,3)4)25-31(33)34(40)38-32-24-28(27-11-9-8-10-12-27)13-15-30(32)35(41)43-5/h8-16,24-26H,6-7,17-23H2,1-5H3,(H,38,40). The molecule has 0 bridgehead atoms. The average Bonchev–Trinajstić information content (AvgIpc) is 3.05. The molecule has 0 saturated carbocycles. The molecule has 0 spiro atoms. The molecule has 2 amide bonds. The summed E-state index contributed by atoms with van der Waals surface area (Å²) >= 11 is 0. The van der Waals surface area contributed by atoms with Gasteiger partial charge in [-0.25, -0.2) is 9.59 Å². The van der Waals surface area contributed by atoms with Crippen LogP contribution < -0.4 is 14.8 Å². The zero-order chi connectivity index (χ0) is 33.1. The Hall–Kier alpha value is -4.53. The fourth-order valence-electron chi connectivity index (χ4n) is 5.24. The van der Waals surface area contributed by atoms with Crippen molar-refractivity contribution in [1.29, 1.82) is 0 Å². The van der Waals surface area contributed by atoms with Gasteiger partial charge in [-0.1, -0.05) is 49.7 Å². The lowest BCUT2D eigenvalue weighted by Crippen LogP contribution is -2.41. The summed E-state index contributed by atoms with van der Waals surface area (Å²) < 4.78 is 22.6. The molecule has 9 heteroatoms. The summed E-state index contributed by atoms with van der Waals surface area (Å²) in [5, 5.41) is 2.93. The Morgan fingerprint density at radius 2 is 1.61 bits per heavy atom. The van der Waals surface area contributed by atoms with Crippen molar-refractivity contribution < 1.29 is 33.3 Å². The highest BCUT2D eigenvalue weighted by Gasteiger charge is 2.27. The maximum atomic E-state index is 13.8. The summed E-state index contributed by atoms with van der Waals surface area (Å²) in [6.45, 7) is 9.95. The maximum absolute atomic E-state index is 13.8. The number of rotatable bonds is 12. The number of amides is 2. The third kappa shape index (κ3) is 9.73. The lowest BCUT2D eigenvalue weighted by molar-refractivity contribution is 0.0177. The molecule has 46 heavy (non-hydrogen) atoms. The number of nitrogens with one attached hydrogen (secondary N) is 1. The predicted molar refractivity (Wildman–Crippen MR) is 179 cm³/mol. The molecule has 3 aromatic rings. The van der Waals surface area contributed by atoms with Gasteiger partial charge in [0.25, 0.3) is 5.91 Å². The SMILES string of the molecule is CCCCOc1ccc(OCCC2CCN(C(=O)OC(C)(C)C)CC2)cc1C(=O)Nc1cc(-c2ccccc2)ccc1C(=O)OC. The van der Waals surface area contributed by atoms with E-state index >= 15 is 0 Å². The molecule has 0 aromatic heterocycles. The van der Waals surface area contributed by atoms with E-state index in [0.29, 0.717) is 55.0 Å². The number of anilines is 1. The van der Waals surface area contributed by atoms with Gasteiger partial charge in [0.1, 0.15) is 17.1 Å². The number of unbranched alkanes of at least 4 members (excludes halogenated alkanes) is 1. The summed E-state index contributed by atoms with van der Waals surface area (Å²) in [5.41, 5.74) is 2.17. The molecule has 0 radical (unpaired) electrons. The monoisotopic (exact) mass is 630 g/mol. The normalized spacial score (nSPS) is 13.5. The Morgan fingerprint density at radius 3 is 2.28 bits per heavy atom. The number of carbonyl (C=O) groups excluding carboxylic acids is 3. The van der Waals surface area contributed by atoms with Gasteiger partial charge in [0.15, 0.2) is 0 Å². The van der Waals surface area contributed by atoms with Crippen molar-refractivity contribution in [3.63, 3.8) is 0 Å². The first-order chi connectivity index (χ1) is 22.1. The van der Waals surface area contributed by atoms with Crippen molar-refractivity contribution in [3.05, 3.63) is 77.9 Å². The average molecular weight is 631 g/mol. The third-order valence-corrected chi connectivity index (χ3v) is 7.79. The summed E-state index contributed by atoms with van der Waals surface area (Å²) in [7, 11) is 1.31. The largest absolute Gasteiger partial charge is 0.494 e. The highest BCUT2D eigenvalue weighted by molar-refractivity contribution is 6.10. The minimum Gasteiger partial charge on any atom is -0.494 e. The Bertz CT molecular complexity index is 1470. The fraction of sp³-hybridized carbons (Fsp3) is 0.432. The number of piperidine rings is 1. The lowest BCUT2D eigenvalue weighted by Gasteiger charge is -2.33.